The Morgan fingerprint density at radius 1 is 1.07 bits per heavy atom. The standard InChI is InChI=1S/C33H33F3N6O3S/c1-21(2)27-16-7-22(3)18-28(27)42-29(43)19-46-32(42)39-31(44)37-17-5-4-6-23-8-10-24(11-9-23)30-38-20-41(40-30)25-12-14-26(15-13-25)45-33(34,35)36/h7-16,18,20-21H,4-6,17,19H2,1-3H3,(H,37,44)/b39-32-. The Balaban J connectivity index is 1.09. The van der Waals surface area contributed by atoms with E-state index in [0.717, 1.165) is 47.2 Å². The molecule has 9 nitrogen and oxygen atoms in total. The molecule has 0 radical (unpaired) electrons. The van der Waals surface area contributed by atoms with Crippen molar-refractivity contribution in [3.63, 3.8) is 0 Å². The Bertz CT molecular complexity index is 1720. The van der Waals surface area contributed by atoms with Crippen molar-refractivity contribution >= 4 is 34.6 Å². The SMILES string of the molecule is Cc1ccc(C(C)C)c(N2C(=O)CS/C2=N\C(=O)NCCCCc2ccc(-c3ncn(-c4ccc(OC(F)(F)F)cc4)n3)cc2)c1. The predicted molar refractivity (Wildman–Crippen MR) is 172 cm³/mol. The van der Waals surface area contributed by atoms with Gasteiger partial charge in [0.05, 0.1) is 17.1 Å². The number of benzene rings is 3. The third kappa shape index (κ3) is 8.33. The highest BCUT2D eigenvalue weighted by molar-refractivity contribution is 8.15. The number of carbonyl (C=O) groups excluding carboxylic acids is 2. The number of unbranched alkanes of at least 4 members (excludes halogenated alkanes) is 1. The lowest BCUT2D eigenvalue weighted by Gasteiger charge is -2.22. The van der Waals surface area contributed by atoms with Crippen LogP contribution in [0.4, 0.5) is 23.7 Å². The van der Waals surface area contributed by atoms with E-state index in [2.05, 4.69) is 39.0 Å². The zero-order chi connectivity index (χ0) is 32.8. The van der Waals surface area contributed by atoms with Crippen LogP contribution >= 0.6 is 11.8 Å². The second-order valence-electron chi connectivity index (χ2n) is 11.1. The van der Waals surface area contributed by atoms with Gasteiger partial charge >= 0.3 is 12.4 Å². The van der Waals surface area contributed by atoms with Gasteiger partial charge in [-0.1, -0.05) is 62.0 Å². The minimum atomic E-state index is -4.75. The summed E-state index contributed by atoms with van der Waals surface area (Å²) in [6, 6.07) is 18.7. The van der Waals surface area contributed by atoms with Gasteiger partial charge < -0.3 is 10.1 Å². The summed E-state index contributed by atoms with van der Waals surface area (Å²) in [6.07, 6.45) is -0.850. The van der Waals surface area contributed by atoms with Crippen LogP contribution in [-0.4, -0.2) is 50.5 Å². The van der Waals surface area contributed by atoms with E-state index in [1.54, 1.807) is 4.90 Å². The van der Waals surface area contributed by atoms with Crippen molar-refractivity contribution in [1.29, 1.82) is 0 Å². The maximum Gasteiger partial charge on any atom is 0.573 e. The van der Waals surface area contributed by atoms with E-state index >= 15 is 0 Å². The first-order valence-corrected chi connectivity index (χ1v) is 15.8. The van der Waals surface area contributed by atoms with Crippen molar-refractivity contribution in [2.45, 2.75) is 52.3 Å². The summed E-state index contributed by atoms with van der Waals surface area (Å²) in [4.78, 5) is 35.5. The van der Waals surface area contributed by atoms with Crippen LogP contribution in [0.2, 0.25) is 0 Å². The summed E-state index contributed by atoms with van der Waals surface area (Å²) in [5, 5.41) is 7.66. The van der Waals surface area contributed by atoms with Crippen LogP contribution < -0.4 is 15.0 Å². The molecule has 46 heavy (non-hydrogen) atoms. The van der Waals surface area contributed by atoms with Crippen molar-refractivity contribution in [3.8, 4) is 22.8 Å². The number of anilines is 1. The van der Waals surface area contributed by atoms with Crippen molar-refractivity contribution in [2.75, 3.05) is 17.2 Å². The van der Waals surface area contributed by atoms with Crippen LogP contribution in [0.25, 0.3) is 17.1 Å². The molecule has 0 aliphatic carbocycles. The first kappa shape index (κ1) is 32.7. The predicted octanol–water partition coefficient (Wildman–Crippen LogP) is 7.43. The van der Waals surface area contributed by atoms with E-state index in [9.17, 15) is 22.8 Å². The number of amidine groups is 1. The lowest BCUT2D eigenvalue weighted by Crippen LogP contribution is -2.32. The largest absolute Gasteiger partial charge is 0.573 e. The Kier molecular flexibility index (Phi) is 10.1. The fraction of sp³-hybridized carbons (Fsp3) is 0.303. The number of ether oxygens (including phenoxy) is 1. The number of alkyl halides is 3. The molecule has 1 N–H and O–H groups in total. The zero-order valence-corrected chi connectivity index (χ0v) is 26.4. The molecule has 5 rings (SSSR count). The number of rotatable bonds is 10. The van der Waals surface area contributed by atoms with Crippen molar-refractivity contribution in [1.82, 2.24) is 20.1 Å². The van der Waals surface area contributed by atoms with Gasteiger partial charge in [-0.2, -0.15) is 4.99 Å². The number of halogens is 3. The summed E-state index contributed by atoms with van der Waals surface area (Å²) >= 11 is 1.27. The average molecular weight is 651 g/mol. The maximum absolute atomic E-state index is 12.7. The number of aromatic nitrogens is 3. The van der Waals surface area contributed by atoms with Gasteiger partial charge in [-0.15, -0.1) is 18.3 Å². The van der Waals surface area contributed by atoms with Gasteiger partial charge in [0.25, 0.3) is 0 Å². The average Bonchev–Trinajstić information content (AvgIpc) is 3.64. The molecule has 3 amide bonds. The molecule has 1 saturated heterocycles. The monoisotopic (exact) mass is 650 g/mol. The second-order valence-corrected chi connectivity index (χ2v) is 12.0. The number of hydrogen-bond donors (Lipinski definition) is 1. The molecule has 1 aliphatic heterocycles. The normalized spacial score (nSPS) is 14.4. The van der Waals surface area contributed by atoms with Gasteiger partial charge in [0, 0.05) is 12.1 Å². The molecule has 1 aliphatic rings. The van der Waals surface area contributed by atoms with Crippen LogP contribution in [0.15, 0.2) is 78.0 Å². The molecule has 0 unspecified atom stereocenters. The molecule has 0 bridgehead atoms. The first-order valence-electron chi connectivity index (χ1n) is 14.8. The molecular weight excluding hydrogens is 617 g/mol. The van der Waals surface area contributed by atoms with E-state index in [0.29, 0.717) is 23.2 Å². The highest BCUT2D eigenvalue weighted by atomic mass is 32.2. The fourth-order valence-electron chi connectivity index (χ4n) is 4.93. The van der Waals surface area contributed by atoms with Crippen molar-refractivity contribution in [2.24, 2.45) is 4.99 Å². The van der Waals surface area contributed by atoms with Gasteiger partial charge in [0.15, 0.2) is 11.0 Å². The highest BCUT2D eigenvalue weighted by Crippen LogP contribution is 2.34. The van der Waals surface area contributed by atoms with E-state index in [-0.39, 0.29) is 23.3 Å². The molecule has 4 aromatic rings. The summed E-state index contributed by atoms with van der Waals surface area (Å²) in [7, 11) is 0. The number of amides is 3. The lowest BCUT2D eigenvalue weighted by molar-refractivity contribution is -0.274. The lowest BCUT2D eigenvalue weighted by atomic mass is 9.99. The molecule has 0 saturated carbocycles. The number of aryl methyl sites for hydroxylation is 2. The highest BCUT2D eigenvalue weighted by Gasteiger charge is 2.33. The van der Waals surface area contributed by atoms with Gasteiger partial charge in [0.1, 0.15) is 12.1 Å². The topological polar surface area (TPSA) is 102 Å². The summed E-state index contributed by atoms with van der Waals surface area (Å²) in [5.41, 5.74) is 5.30. The smallest absolute Gasteiger partial charge is 0.406 e. The zero-order valence-electron chi connectivity index (χ0n) is 25.5. The third-order valence-corrected chi connectivity index (χ3v) is 8.14. The maximum atomic E-state index is 12.7. The van der Waals surface area contributed by atoms with Crippen LogP contribution in [0, 0.1) is 6.92 Å². The summed E-state index contributed by atoms with van der Waals surface area (Å²) in [6.45, 7) is 6.57. The van der Waals surface area contributed by atoms with Gasteiger partial charge in [-0.3, -0.25) is 9.69 Å². The Labute approximate surface area is 268 Å². The van der Waals surface area contributed by atoms with Crippen LogP contribution in [0.1, 0.15) is 49.3 Å². The molecule has 240 valence electrons. The number of hydrogen-bond acceptors (Lipinski definition) is 6. The van der Waals surface area contributed by atoms with E-state index in [1.807, 2.05) is 49.4 Å². The molecule has 1 aromatic heterocycles. The molecule has 0 spiro atoms. The van der Waals surface area contributed by atoms with E-state index < -0.39 is 12.4 Å². The second kappa shape index (κ2) is 14.2. The Hall–Kier alpha value is -4.65. The molecule has 2 heterocycles. The Morgan fingerprint density at radius 3 is 2.50 bits per heavy atom. The van der Waals surface area contributed by atoms with Gasteiger partial charge in [-0.05, 0) is 79.1 Å². The number of nitrogens with zero attached hydrogens (tertiary/aromatic N) is 5. The Morgan fingerprint density at radius 2 is 1.80 bits per heavy atom. The minimum absolute atomic E-state index is 0.0904. The van der Waals surface area contributed by atoms with Crippen LogP contribution in [-0.2, 0) is 11.2 Å². The number of aliphatic imine (C=N–C) groups is 1. The van der Waals surface area contributed by atoms with Crippen LogP contribution in [0.3, 0.4) is 0 Å². The first-order chi connectivity index (χ1) is 22.0. The summed E-state index contributed by atoms with van der Waals surface area (Å²) < 4.78 is 42.6. The number of thioether (sulfide) groups is 1. The summed E-state index contributed by atoms with van der Waals surface area (Å²) in [5.74, 6) is 0.531. The molecule has 0 atom stereocenters. The molecular formula is C33H33F3N6O3S. The molecule has 3 aromatic carbocycles. The quantitative estimate of drug-likeness (QED) is 0.179. The van der Waals surface area contributed by atoms with E-state index in [4.69, 9.17) is 0 Å². The minimum Gasteiger partial charge on any atom is -0.406 e. The fourth-order valence-corrected chi connectivity index (χ4v) is 5.79. The van der Waals surface area contributed by atoms with Crippen LogP contribution in [0.5, 0.6) is 5.75 Å². The van der Waals surface area contributed by atoms with Gasteiger partial charge in [0.2, 0.25) is 5.91 Å². The number of nitrogens with one attached hydrogen (secondary N) is 1. The number of carbonyl (C=O) groups is 2. The third-order valence-electron chi connectivity index (χ3n) is 7.22. The van der Waals surface area contributed by atoms with Gasteiger partial charge in [-0.25, -0.2) is 14.5 Å². The number of urea groups is 1. The van der Waals surface area contributed by atoms with E-state index in [1.165, 1.54) is 47.0 Å². The molecule has 1 fully saturated rings. The molecule has 13 heteroatoms. The van der Waals surface area contributed by atoms with Crippen molar-refractivity contribution in [3.05, 3.63) is 89.7 Å². The van der Waals surface area contributed by atoms with Crippen molar-refractivity contribution < 1.29 is 27.5 Å².